The van der Waals surface area contributed by atoms with Crippen LogP contribution in [0.25, 0.3) is 11.0 Å². The van der Waals surface area contributed by atoms with Crippen molar-refractivity contribution in [2.24, 2.45) is 0 Å². The van der Waals surface area contributed by atoms with Gasteiger partial charge in [0.15, 0.2) is 0 Å². The van der Waals surface area contributed by atoms with Gasteiger partial charge >= 0.3 is 5.97 Å². The highest BCUT2D eigenvalue weighted by Crippen LogP contribution is 2.28. The Morgan fingerprint density at radius 1 is 1.04 bits per heavy atom. The third-order valence-electron chi connectivity index (χ3n) is 4.00. The summed E-state index contributed by atoms with van der Waals surface area (Å²) < 4.78 is 6.70. The molecule has 0 radical (unpaired) electrons. The van der Waals surface area contributed by atoms with E-state index in [4.69, 9.17) is 4.74 Å². The van der Waals surface area contributed by atoms with Crippen LogP contribution < -0.4 is 5.32 Å². The van der Waals surface area contributed by atoms with Crippen LogP contribution in [-0.4, -0.2) is 28.5 Å². The molecule has 0 aliphatic carbocycles. The van der Waals surface area contributed by atoms with Crippen molar-refractivity contribution in [1.82, 2.24) is 9.55 Å². The van der Waals surface area contributed by atoms with Crippen LogP contribution in [0.15, 0.2) is 48.5 Å². The first-order valence-electron chi connectivity index (χ1n) is 8.29. The average molecular weight is 351 g/mol. The molecule has 0 unspecified atom stereocenters. The Bertz CT molecular complexity index is 983. The van der Waals surface area contributed by atoms with Gasteiger partial charge in [-0.25, -0.2) is 9.78 Å². The first kappa shape index (κ1) is 17.7. The number of carbonyl (C=O) groups is 2. The summed E-state index contributed by atoms with van der Waals surface area (Å²) in [5.41, 5.74) is 2.16. The van der Waals surface area contributed by atoms with Crippen LogP contribution in [0.5, 0.6) is 0 Å². The molecule has 1 aromatic heterocycles. The second kappa shape index (κ2) is 6.63. The van der Waals surface area contributed by atoms with Gasteiger partial charge in [-0.05, 0) is 51.1 Å². The number of fused-ring (bicyclic) bond motifs is 1. The molecule has 3 rings (SSSR count). The quantitative estimate of drug-likeness (QED) is 0.728. The zero-order chi connectivity index (χ0) is 18.9. The Morgan fingerprint density at radius 2 is 1.73 bits per heavy atom. The molecule has 1 amide bonds. The van der Waals surface area contributed by atoms with E-state index in [9.17, 15) is 9.59 Å². The van der Waals surface area contributed by atoms with E-state index in [1.54, 1.807) is 18.2 Å². The van der Waals surface area contributed by atoms with E-state index in [1.807, 2.05) is 28.8 Å². The number of nitrogens with one attached hydrogen (secondary N) is 1. The zero-order valence-electron chi connectivity index (χ0n) is 15.2. The zero-order valence-corrected chi connectivity index (χ0v) is 15.2. The Hall–Kier alpha value is -3.15. The van der Waals surface area contributed by atoms with Crippen molar-refractivity contribution in [3.05, 3.63) is 59.7 Å². The Kier molecular flexibility index (Phi) is 4.50. The number of carbonyl (C=O) groups excluding carboxylic acids is 2. The number of nitrogens with zero attached hydrogens (tertiary/aromatic N) is 2. The molecule has 0 bridgehead atoms. The molecule has 0 aliphatic heterocycles. The summed E-state index contributed by atoms with van der Waals surface area (Å²) in [5.74, 6) is -0.356. The van der Waals surface area contributed by atoms with Crippen molar-refractivity contribution >= 4 is 28.9 Å². The first-order chi connectivity index (χ1) is 12.3. The molecule has 1 heterocycles. The normalized spacial score (nSPS) is 11.4. The molecule has 0 fully saturated rings. The number of para-hydroxylation sites is 2. The van der Waals surface area contributed by atoms with Gasteiger partial charge in [0.05, 0.1) is 23.7 Å². The van der Waals surface area contributed by atoms with Gasteiger partial charge in [-0.15, -0.1) is 0 Å². The van der Waals surface area contributed by atoms with Crippen LogP contribution in [0.4, 0.5) is 5.95 Å². The summed E-state index contributed by atoms with van der Waals surface area (Å²) in [4.78, 5) is 29.0. The number of hydrogen-bond acceptors (Lipinski definition) is 4. The summed E-state index contributed by atoms with van der Waals surface area (Å²) >= 11 is 0. The number of rotatable bonds is 3. The second-order valence-corrected chi connectivity index (χ2v) is 6.96. The summed E-state index contributed by atoms with van der Waals surface area (Å²) in [5, 5.41) is 2.87. The molecule has 26 heavy (non-hydrogen) atoms. The van der Waals surface area contributed by atoms with Gasteiger partial charge in [0.25, 0.3) is 5.91 Å². The first-order valence-corrected chi connectivity index (χ1v) is 8.29. The van der Waals surface area contributed by atoms with Crippen molar-refractivity contribution in [3.63, 3.8) is 0 Å². The molecule has 2 aromatic carbocycles. The van der Waals surface area contributed by atoms with Crippen molar-refractivity contribution < 1.29 is 14.3 Å². The summed E-state index contributed by atoms with van der Waals surface area (Å²) in [6.07, 6.45) is 0. The lowest BCUT2D eigenvalue weighted by Gasteiger charge is -2.24. The van der Waals surface area contributed by atoms with Crippen LogP contribution >= 0.6 is 0 Å². The number of esters is 1. The van der Waals surface area contributed by atoms with E-state index in [0.717, 1.165) is 11.0 Å². The molecular formula is C20H21N3O3. The van der Waals surface area contributed by atoms with Gasteiger partial charge < -0.3 is 9.30 Å². The maximum absolute atomic E-state index is 12.7. The standard InChI is InChI=1S/C20H21N3O3/c1-20(2,3)23-16-11-6-5-10-15(16)21-19(23)22-17(24)13-8-7-9-14(12-13)18(25)26-4/h5-12H,1-4H3,(H,21,22,24). The Labute approximate surface area is 151 Å². The molecule has 6 nitrogen and oxygen atoms in total. The van der Waals surface area contributed by atoms with Crippen LogP contribution in [0.2, 0.25) is 0 Å². The molecular weight excluding hydrogens is 330 g/mol. The monoisotopic (exact) mass is 351 g/mol. The van der Waals surface area contributed by atoms with E-state index in [0.29, 0.717) is 17.1 Å². The maximum atomic E-state index is 12.7. The molecule has 0 atom stereocenters. The lowest BCUT2D eigenvalue weighted by Crippen LogP contribution is -2.26. The Balaban J connectivity index is 1.99. The summed E-state index contributed by atoms with van der Waals surface area (Å²) in [6, 6.07) is 14.1. The number of imidazole rings is 1. The van der Waals surface area contributed by atoms with Crippen LogP contribution in [-0.2, 0) is 10.3 Å². The molecule has 0 spiro atoms. The molecule has 3 aromatic rings. The van der Waals surface area contributed by atoms with Crippen LogP contribution in [0.3, 0.4) is 0 Å². The number of hydrogen-bond donors (Lipinski definition) is 1. The van der Waals surface area contributed by atoms with Gasteiger partial charge in [0.2, 0.25) is 5.95 Å². The highest BCUT2D eigenvalue weighted by atomic mass is 16.5. The van der Waals surface area contributed by atoms with Gasteiger partial charge in [-0.3, -0.25) is 10.1 Å². The van der Waals surface area contributed by atoms with Crippen molar-refractivity contribution in [2.75, 3.05) is 12.4 Å². The predicted octanol–water partition coefficient (Wildman–Crippen LogP) is 3.83. The smallest absolute Gasteiger partial charge is 0.337 e. The Morgan fingerprint density at radius 3 is 2.42 bits per heavy atom. The highest BCUT2D eigenvalue weighted by Gasteiger charge is 2.23. The van der Waals surface area contributed by atoms with E-state index >= 15 is 0 Å². The fraction of sp³-hybridized carbons (Fsp3) is 0.250. The van der Waals surface area contributed by atoms with E-state index in [-0.39, 0.29) is 11.4 Å². The average Bonchev–Trinajstić information content (AvgIpc) is 2.99. The predicted molar refractivity (Wildman–Crippen MR) is 100 cm³/mol. The number of amides is 1. The van der Waals surface area contributed by atoms with Gasteiger partial charge in [0, 0.05) is 11.1 Å². The number of aromatic nitrogens is 2. The second-order valence-electron chi connectivity index (χ2n) is 6.96. The molecule has 0 saturated carbocycles. The molecule has 0 aliphatic rings. The number of methoxy groups -OCH3 is 1. The summed E-state index contributed by atoms with van der Waals surface area (Å²) in [7, 11) is 1.31. The topological polar surface area (TPSA) is 73.2 Å². The lowest BCUT2D eigenvalue weighted by molar-refractivity contribution is 0.0600. The van der Waals surface area contributed by atoms with Gasteiger partial charge in [-0.2, -0.15) is 0 Å². The minimum Gasteiger partial charge on any atom is -0.465 e. The number of anilines is 1. The van der Waals surface area contributed by atoms with E-state index in [1.165, 1.54) is 13.2 Å². The third-order valence-corrected chi connectivity index (χ3v) is 4.00. The SMILES string of the molecule is COC(=O)c1cccc(C(=O)Nc2nc3ccccc3n2C(C)(C)C)c1. The minimum atomic E-state index is -0.485. The van der Waals surface area contributed by atoms with E-state index < -0.39 is 5.97 Å². The number of benzene rings is 2. The van der Waals surface area contributed by atoms with Gasteiger partial charge in [0.1, 0.15) is 0 Å². The third kappa shape index (κ3) is 3.31. The molecule has 134 valence electrons. The van der Waals surface area contributed by atoms with Crippen LogP contribution in [0, 0.1) is 0 Å². The summed E-state index contributed by atoms with van der Waals surface area (Å²) in [6.45, 7) is 6.15. The van der Waals surface area contributed by atoms with Crippen LogP contribution in [0.1, 0.15) is 41.5 Å². The fourth-order valence-electron chi connectivity index (χ4n) is 2.87. The molecule has 0 saturated heterocycles. The largest absolute Gasteiger partial charge is 0.465 e. The van der Waals surface area contributed by atoms with E-state index in [2.05, 4.69) is 31.1 Å². The van der Waals surface area contributed by atoms with Gasteiger partial charge in [-0.1, -0.05) is 18.2 Å². The van der Waals surface area contributed by atoms with Crippen molar-refractivity contribution in [1.29, 1.82) is 0 Å². The van der Waals surface area contributed by atoms with Crippen molar-refractivity contribution in [2.45, 2.75) is 26.3 Å². The highest BCUT2D eigenvalue weighted by molar-refractivity contribution is 6.05. The minimum absolute atomic E-state index is 0.271. The van der Waals surface area contributed by atoms with Crippen molar-refractivity contribution in [3.8, 4) is 0 Å². The maximum Gasteiger partial charge on any atom is 0.337 e. The fourth-order valence-corrected chi connectivity index (χ4v) is 2.87. The molecule has 6 heteroatoms. The molecule has 1 N–H and O–H groups in total. The lowest BCUT2D eigenvalue weighted by atomic mass is 10.1. The number of ether oxygens (including phenoxy) is 1.